The molecule has 1 unspecified atom stereocenters. The molecule has 1 aliphatic heterocycles. The van der Waals surface area contributed by atoms with E-state index in [9.17, 15) is 9.59 Å². The normalized spacial score (nSPS) is 22.1. The molecule has 1 fully saturated rings. The number of ketones is 1. The van der Waals surface area contributed by atoms with Crippen molar-refractivity contribution in [3.8, 4) is 0 Å². The van der Waals surface area contributed by atoms with Crippen molar-refractivity contribution in [3.05, 3.63) is 0 Å². The summed E-state index contributed by atoms with van der Waals surface area (Å²) in [4.78, 5) is 24.0. The minimum absolute atomic E-state index is 0.0727. The number of likely N-dealkylation sites (tertiary alicyclic amines) is 1. The molecule has 0 spiro atoms. The third-order valence-electron chi connectivity index (χ3n) is 2.51. The van der Waals surface area contributed by atoms with Crippen LogP contribution in [0.4, 0.5) is 0 Å². The van der Waals surface area contributed by atoms with Crippen molar-refractivity contribution in [2.24, 2.45) is 11.8 Å². The van der Waals surface area contributed by atoms with Crippen molar-refractivity contribution in [3.63, 3.8) is 0 Å². The first kappa shape index (κ1) is 11.2. The fraction of sp³-hybridized carbons (Fsp3) is 0.818. The van der Waals surface area contributed by atoms with Crippen molar-refractivity contribution in [2.75, 3.05) is 13.1 Å². The van der Waals surface area contributed by atoms with E-state index in [-0.39, 0.29) is 11.7 Å². The first-order valence-electron chi connectivity index (χ1n) is 5.26. The first-order chi connectivity index (χ1) is 6.49. The largest absolute Gasteiger partial charge is 0.335 e. The van der Waals surface area contributed by atoms with Gasteiger partial charge in [-0.3, -0.25) is 9.59 Å². The Balaban J connectivity index is 2.43. The van der Waals surface area contributed by atoms with Crippen LogP contribution in [0.15, 0.2) is 0 Å². The number of hydrogen-bond acceptors (Lipinski definition) is 2. The van der Waals surface area contributed by atoms with E-state index in [1.807, 2.05) is 0 Å². The zero-order valence-electron chi connectivity index (χ0n) is 9.25. The van der Waals surface area contributed by atoms with Crippen molar-refractivity contribution in [2.45, 2.75) is 33.6 Å². The van der Waals surface area contributed by atoms with Crippen LogP contribution in [0.5, 0.6) is 0 Å². The lowest BCUT2D eigenvalue weighted by Crippen LogP contribution is -2.30. The Morgan fingerprint density at radius 1 is 1.57 bits per heavy atom. The Kier molecular flexibility index (Phi) is 3.67. The molecule has 0 bridgehead atoms. The Hall–Kier alpha value is -0.860. The highest BCUT2D eigenvalue weighted by atomic mass is 16.2. The zero-order chi connectivity index (χ0) is 10.7. The second-order valence-electron chi connectivity index (χ2n) is 4.68. The molecule has 0 aromatic rings. The van der Waals surface area contributed by atoms with Crippen molar-refractivity contribution >= 4 is 11.7 Å². The number of hydrogen-bond donors (Lipinski definition) is 0. The number of amides is 1. The van der Waals surface area contributed by atoms with Crippen molar-refractivity contribution in [1.82, 2.24) is 4.90 Å². The zero-order valence-corrected chi connectivity index (χ0v) is 9.25. The number of nitrogens with zero attached hydrogens (tertiary/aromatic N) is 1. The van der Waals surface area contributed by atoms with Crippen LogP contribution in [-0.4, -0.2) is 29.7 Å². The molecule has 1 rings (SSSR count). The Labute approximate surface area is 85.5 Å². The van der Waals surface area contributed by atoms with Crippen LogP contribution < -0.4 is 0 Å². The number of Topliss-reactive ketones (excluding diaryl/α,β-unsaturated/α-hetero) is 1. The summed E-state index contributed by atoms with van der Waals surface area (Å²) in [6, 6.07) is 0. The second-order valence-corrected chi connectivity index (χ2v) is 4.68. The van der Waals surface area contributed by atoms with Gasteiger partial charge in [0.2, 0.25) is 5.91 Å². The molecule has 0 N–H and O–H groups in total. The second kappa shape index (κ2) is 4.58. The maximum absolute atomic E-state index is 11.5. The highest BCUT2D eigenvalue weighted by Gasteiger charge is 2.30. The average Bonchev–Trinajstić information content (AvgIpc) is 2.28. The molecule has 0 aromatic carbocycles. The lowest BCUT2D eigenvalue weighted by atomic mass is 9.96. The molecule has 0 saturated carbocycles. The average molecular weight is 197 g/mol. The molecule has 3 nitrogen and oxygen atoms in total. The summed E-state index contributed by atoms with van der Waals surface area (Å²) in [7, 11) is 0. The molecule has 3 heteroatoms. The van der Waals surface area contributed by atoms with E-state index in [0.717, 1.165) is 13.0 Å². The van der Waals surface area contributed by atoms with E-state index in [2.05, 4.69) is 13.8 Å². The minimum atomic E-state index is 0.0727. The summed E-state index contributed by atoms with van der Waals surface area (Å²) in [6.07, 6.45) is 1.71. The number of rotatable bonds is 4. The maximum atomic E-state index is 11.5. The third kappa shape index (κ3) is 3.13. The highest BCUT2D eigenvalue weighted by Crippen LogP contribution is 2.23. The molecule has 0 radical (unpaired) electrons. The van der Waals surface area contributed by atoms with Gasteiger partial charge in [-0.25, -0.2) is 0 Å². The SMILES string of the molecule is CC(=O)CN1CC(CC(C)C)CC1=O. The standard InChI is InChI=1S/C11H19NO2/c1-8(2)4-10-5-11(14)12(7-10)6-9(3)13/h8,10H,4-7H2,1-3H3. The van der Waals surface area contributed by atoms with Gasteiger partial charge in [-0.15, -0.1) is 0 Å². The summed E-state index contributed by atoms with van der Waals surface area (Å²) in [5, 5.41) is 0. The smallest absolute Gasteiger partial charge is 0.223 e. The molecule has 0 aliphatic carbocycles. The topological polar surface area (TPSA) is 37.4 Å². The molecule has 1 atom stereocenters. The highest BCUT2D eigenvalue weighted by molar-refractivity contribution is 5.85. The lowest BCUT2D eigenvalue weighted by Gasteiger charge is -2.15. The predicted octanol–water partition coefficient (Wildman–Crippen LogP) is 1.47. The van der Waals surface area contributed by atoms with Gasteiger partial charge in [-0.1, -0.05) is 13.8 Å². The molecule has 1 saturated heterocycles. The number of carbonyl (C=O) groups excluding carboxylic acids is 2. The van der Waals surface area contributed by atoms with E-state index >= 15 is 0 Å². The molecule has 0 aromatic heterocycles. The van der Waals surface area contributed by atoms with Crippen molar-refractivity contribution < 1.29 is 9.59 Å². The lowest BCUT2D eigenvalue weighted by molar-refractivity contribution is -0.131. The summed E-state index contributed by atoms with van der Waals surface area (Å²) in [5.74, 6) is 1.31. The van der Waals surface area contributed by atoms with E-state index in [1.54, 1.807) is 4.90 Å². The molecule has 14 heavy (non-hydrogen) atoms. The van der Waals surface area contributed by atoms with Crippen LogP contribution in [-0.2, 0) is 9.59 Å². The van der Waals surface area contributed by atoms with Gasteiger partial charge in [0.15, 0.2) is 0 Å². The van der Waals surface area contributed by atoms with Gasteiger partial charge in [-0.05, 0) is 25.2 Å². The Morgan fingerprint density at radius 3 is 2.71 bits per heavy atom. The quantitative estimate of drug-likeness (QED) is 0.684. The minimum Gasteiger partial charge on any atom is -0.335 e. The summed E-state index contributed by atoms with van der Waals surface area (Å²) < 4.78 is 0. The molecular formula is C11H19NO2. The van der Waals surface area contributed by atoms with Gasteiger partial charge in [0.25, 0.3) is 0 Å². The monoisotopic (exact) mass is 197 g/mol. The summed E-state index contributed by atoms with van der Waals surface area (Å²) in [5.41, 5.74) is 0. The molecule has 1 heterocycles. The van der Waals surface area contributed by atoms with Crippen molar-refractivity contribution in [1.29, 1.82) is 0 Å². The fourth-order valence-electron chi connectivity index (χ4n) is 2.10. The molecule has 1 aliphatic rings. The van der Waals surface area contributed by atoms with Gasteiger partial charge < -0.3 is 4.90 Å². The van der Waals surface area contributed by atoms with Crippen LogP contribution in [0, 0.1) is 11.8 Å². The first-order valence-corrected chi connectivity index (χ1v) is 5.26. The molecular weight excluding hydrogens is 178 g/mol. The van der Waals surface area contributed by atoms with Gasteiger partial charge >= 0.3 is 0 Å². The van der Waals surface area contributed by atoms with Crippen LogP contribution >= 0.6 is 0 Å². The van der Waals surface area contributed by atoms with E-state index in [1.165, 1.54) is 6.92 Å². The van der Waals surface area contributed by atoms with Crippen LogP contribution in [0.3, 0.4) is 0 Å². The molecule has 1 amide bonds. The van der Waals surface area contributed by atoms with E-state index < -0.39 is 0 Å². The maximum Gasteiger partial charge on any atom is 0.223 e. The van der Waals surface area contributed by atoms with Crippen LogP contribution in [0.25, 0.3) is 0 Å². The van der Waals surface area contributed by atoms with E-state index in [0.29, 0.717) is 24.8 Å². The summed E-state index contributed by atoms with van der Waals surface area (Å²) >= 11 is 0. The predicted molar refractivity (Wildman–Crippen MR) is 54.8 cm³/mol. The molecule has 80 valence electrons. The Morgan fingerprint density at radius 2 is 2.21 bits per heavy atom. The van der Waals surface area contributed by atoms with Gasteiger partial charge in [0.05, 0.1) is 6.54 Å². The third-order valence-corrected chi connectivity index (χ3v) is 2.51. The fourth-order valence-corrected chi connectivity index (χ4v) is 2.10. The number of carbonyl (C=O) groups is 2. The Bertz CT molecular complexity index is 235. The van der Waals surface area contributed by atoms with Gasteiger partial charge in [0.1, 0.15) is 5.78 Å². The summed E-state index contributed by atoms with van der Waals surface area (Å²) in [6.45, 7) is 6.93. The van der Waals surface area contributed by atoms with Crippen LogP contribution in [0.1, 0.15) is 33.6 Å². The van der Waals surface area contributed by atoms with Gasteiger partial charge in [0, 0.05) is 13.0 Å². The van der Waals surface area contributed by atoms with E-state index in [4.69, 9.17) is 0 Å². The van der Waals surface area contributed by atoms with Crippen LogP contribution in [0.2, 0.25) is 0 Å². The van der Waals surface area contributed by atoms with Gasteiger partial charge in [-0.2, -0.15) is 0 Å².